The second kappa shape index (κ2) is 8.18. The van der Waals surface area contributed by atoms with Crippen molar-refractivity contribution in [3.8, 4) is 0 Å². The molecule has 3 heteroatoms. The lowest BCUT2D eigenvalue weighted by Crippen LogP contribution is -2.46. The molecule has 1 aliphatic rings. The van der Waals surface area contributed by atoms with E-state index in [2.05, 4.69) is 43.4 Å². The van der Waals surface area contributed by atoms with Crippen molar-refractivity contribution in [2.24, 2.45) is 0 Å². The molecule has 0 radical (unpaired) electrons. The van der Waals surface area contributed by atoms with Gasteiger partial charge in [-0.2, -0.15) is 0 Å². The maximum absolute atomic E-state index is 12.8. The first-order chi connectivity index (χ1) is 10.2. The van der Waals surface area contributed by atoms with E-state index in [0.717, 1.165) is 38.9 Å². The van der Waals surface area contributed by atoms with Crippen molar-refractivity contribution in [3.05, 3.63) is 35.4 Å². The summed E-state index contributed by atoms with van der Waals surface area (Å²) in [5.74, 6) is 0.277. The largest absolute Gasteiger partial charge is 0.337 e. The van der Waals surface area contributed by atoms with Crippen LogP contribution in [0.5, 0.6) is 0 Å². The molecule has 0 saturated carbocycles. The molecule has 1 unspecified atom stereocenters. The van der Waals surface area contributed by atoms with E-state index in [1.54, 1.807) is 0 Å². The highest BCUT2D eigenvalue weighted by Crippen LogP contribution is 2.14. The highest BCUT2D eigenvalue weighted by atomic mass is 16.2. The summed E-state index contributed by atoms with van der Waals surface area (Å²) >= 11 is 0. The van der Waals surface area contributed by atoms with Crippen LogP contribution in [0.3, 0.4) is 0 Å². The Bertz CT molecular complexity index is 433. The van der Waals surface area contributed by atoms with Crippen LogP contribution in [0.25, 0.3) is 0 Å². The van der Waals surface area contributed by atoms with Crippen molar-refractivity contribution in [1.82, 2.24) is 10.2 Å². The first-order valence-corrected chi connectivity index (χ1v) is 8.28. The highest BCUT2D eigenvalue weighted by molar-refractivity contribution is 5.81. The van der Waals surface area contributed by atoms with Gasteiger partial charge in [0.1, 0.15) is 0 Å². The Kier molecular flexibility index (Phi) is 6.24. The van der Waals surface area contributed by atoms with E-state index >= 15 is 0 Å². The molecule has 2 rings (SSSR count). The minimum absolute atomic E-state index is 0.0181. The number of nitrogens with zero attached hydrogens (tertiary/aromatic N) is 1. The van der Waals surface area contributed by atoms with Crippen LogP contribution in [0.4, 0.5) is 0 Å². The fourth-order valence-electron chi connectivity index (χ4n) is 2.91. The van der Waals surface area contributed by atoms with E-state index in [0.29, 0.717) is 0 Å². The molecule has 0 spiro atoms. The van der Waals surface area contributed by atoms with Crippen LogP contribution in [-0.4, -0.2) is 29.9 Å². The Morgan fingerprint density at radius 1 is 1.24 bits per heavy atom. The summed E-state index contributed by atoms with van der Waals surface area (Å²) in [6.45, 7) is 6.76. The van der Waals surface area contributed by atoms with Gasteiger partial charge >= 0.3 is 0 Å². The quantitative estimate of drug-likeness (QED) is 0.902. The summed E-state index contributed by atoms with van der Waals surface area (Å²) in [4.78, 5) is 14.8. The van der Waals surface area contributed by atoms with E-state index in [9.17, 15) is 4.79 Å². The van der Waals surface area contributed by atoms with Crippen molar-refractivity contribution in [3.63, 3.8) is 0 Å². The Hall–Kier alpha value is -1.35. The van der Waals surface area contributed by atoms with Gasteiger partial charge in [0.15, 0.2) is 0 Å². The SMILES string of the molecule is CCCN(Cc1ccc(C)cc1)C(=O)C1CCCCCN1. The van der Waals surface area contributed by atoms with Crippen LogP contribution in [-0.2, 0) is 11.3 Å². The minimum atomic E-state index is 0.0181. The van der Waals surface area contributed by atoms with Crippen LogP contribution in [0.2, 0.25) is 0 Å². The molecule has 21 heavy (non-hydrogen) atoms. The zero-order valence-electron chi connectivity index (χ0n) is 13.4. The molecule has 0 aliphatic carbocycles. The minimum Gasteiger partial charge on any atom is -0.337 e. The molecule has 3 nitrogen and oxygen atoms in total. The summed E-state index contributed by atoms with van der Waals surface area (Å²) in [6, 6.07) is 8.52. The fraction of sp³-hybridized carbons (Fsp3) is 0.611. The molecule has 0 aromatic heterocycles. The Balaban J connectivity index is 2.02. The van der Waals surface area contributed by atoms with E-state index < -0.39 is 0 Å². The number of aryl methyl sites for hydroxylation is 1. The van der Waals surface area contributed by atoms with Gasteiger partial charge < -0.3 is 10.2 Å². The Labute approximate surface area is 128 Å². The van der Waals surface area contributed by atoms with Gasteiger partial charge in [0.05, 0.1) is 6.04 Å². The molecular formula is C18H28N2O. The zero-order chi connectivity index (χ0) is 15.1. The zero-order valence-corrected chi connectivity index (χ0v) is 13.4. The summed E-state index contributed by atoms with van der Waals surface area (Å²) in [5, 5.41) is 3.42. The van der Waals surface area contributed by atoms with Crippen LogP contribution in [0.1, 0.15) is 50.2 Å². The van der Waals surface area contributed by atoms with Crippen LogP contribution in [0.15, 0.2) is 24.3 Å². The smallest absolute Gasteiger partial charge is 0.240 e. The van der Waals surface area contributed by atoms with Gasteiger partial charge in [-0.25, -0.2) is 0 Å². The second-order valence-corrected chi connectivity index (χ2v) is 6.10. The summed E-state index contributed by atoms with van der Waals surface area (Å²) < 4.78 is 0. The summed E-state index contributed by atoms with van der Waals surface area (Å²) in [5.41, 5.74) is 2.48. The number of nitrogens with one attached hydrogen (secondary N) is 1. The highest BCUT2D eigenvalue weighted by Gasteiger charge is 2.24. The van der Waals surface area contributed by atoms with Crippen molar-refractivity contribution >= 4 is 5.91 Å². The molecular weight excluding hydrogens is 260 g/mol. The predicted octanol–water partition coefficient (Wildman–Crippen LogP) is 3.27. The van der Waals surface area contributed by atoms with Crippen molar-refractivity contribution in [2.45, 2.75) is 58.5 Å². The van der Waals surface area contributed by atoms with E-state index in [1.807, 2.05) is 4.90 Å². The fourth-order valence-corrected chi connectivity index (χ4v) is 2.91. The second-order valence-electron chi connectivity index (χ2n) is 6.10. The number of hydrogen-bond acceptors (Lipinski definition) is 2. The molecule has 1 aromatic carbocycles. The lowest BCUT2D eigenvalue weighted by atomic mass is 10.1. The molecule has 1 heterocycles. The number of rotatable bonds is 5. The lowest BCUT2D eigenvalue weighted by molar-refractivity contribution is -0.134. The number of carbonyl (C=O) groups is 1. The molecule has 1 aromatic rings. The topological polar surface area (TPSA) is 32.3 Å². The molecule has 1 aliphatic heterocycles. The average Bonchev–Trinajstić information content (AvgIpc) is 2.77. The molecule has 1 amide bonds. The van der Waals surface area contributed by atoms with Crippen molar-refractivity contribution in [2.75, 3.05) is 13.1 Å². The van der Waals surface area contributed by atoms with Crippen molar-refractivity contribution in [1.29, 1.82) is 0 Å². The standard InChI is InChI=1S/C18H28N2O/c1-3-13-20(14-16-10-8-15(2)9-11-16)18(21)17-7-5-4-6-12-19-17/h8-11,17,19H,3-7,12-14H2,1-2H3. The molecule has 116 valence electrons. The van der Waals surface area contributed by atoms with E-state index in [1.165, 1.54) is 24.0 Å². The van der Waals surface area contributed by atoms with Crippen LogP contribution in [0, 0.1) is 6.92 Å². The van der Waals surface area contributed by atoms with Gasteiger partial charge in [0.25, 0.3) is 0 Å². The Morgan fingerprint density at radius 3 is 2.71 bits per heavy atom. The predicted molar refractivity (Wildman–Crippen MR) is 87.1 cm³/mol. The van der Waals surface area contributed by atoms with Crippen LogP contribution >= 0.6 is 0 Å². The first-order valence-electron chi connectivity index (χ1n) is 8.28. The van der Waals surface area contributed by atoms with Gasteiger partial charge in [-0.1, -0.05) is 49.6 Å². The third-order valence-corrected chi connectivity index (χ3v) is 4.16. The van der Waals surface area contributed by atoms with Gasteiger partial charge in [0, 0.05) is 13.1 Å². The molecule has 1 N–H and O–H groups in total. The number of carbonyl (C=O) groups excluding carboxylic acids is 1. The van der Waals surface area contributed by atoms with Gasteiger partial charge in [-0.15, -0.1) is 0 Å². The van der Waals surface area contributed by atoms with Crippen molar-refractivity contribution < 1.29 is 4.79 Å². The van der Waals surface area contributed by atoms with E-state index in [4.69, 9.17) is 0 Å². The monoisotopic (exact) mass is 288 g/mol. The third kappa shape index (κ3) is 4.85. The number of benzene rings is 1. The maximum Gasteiger partial charge on any atom is 0.240 e. The van der Waals surface area contributed by atoms with Gasteiger partial charge in [0.2, 0.25) is 5.91 Å². The normalized spacial score (nSPS) is 19.0. The van der Waals surface area contributed by atoms with E-state index in [-0.39, 0.29) is 11.9 Å². The molecule has 1 atom stereocenters. The lowest BCUT2D eigenvalue weighted by Gasteiger charge is -2.27. The summed E-state index contributed by atoms with van der Waals surface area (Å²) in [7, 11) is 0. The molecule has 0 bridgehead atoms. The first kappa shape index (κ1) is 16.0. The van der Waals surface area contributed by atoms with Gasteiger partial charge in [-0.05, 0) is 38.3 Å². The molecule has 1 fully saturated rings. The maximum atomic E-state index is 12.8. The van der Waals surface area contributed by atoms with Gasteiger partial charge in [-0.3, -0.25) is 4.79 Å². The summed E-state index contributed by atoms with van der Waals surface area (Å²) in [6.07, 6.45) is 5.57. The molecule has 1 saturated heterocycles. The Morgan fingerprint density at radius 2 is 2.00 bits per heavy atom. The number of hydrogen-bond donors (Lipinski definition) is 1. The van der Waals surface area contributed by atoms with Crippen LogP contribution < -0.4 is 5.32 Å². The number of amides is 1. The average molecular weight is 288 g/mol. The third-order valence-electron chi connectivity index (χ3n) is 4.16.